The molecule has 0 N–H and O–H groups in total. The molecule has 0 saturated carbocycles. The SMILES string of the molecule is CCC(=O)Oc1cccc2ccc(OCC(OC)C(C)OC)cc12. The summed E-state index contributed by atoms with van der Waals surface area (Å²) in [6.45, 7) is 4.07. The number of fused-ring (bicyclic) bond motifs is 1. The van der Waals surface area contributed by atoms with Gasteiger partial charge in [-0.2, -0.15) is 0 Å². The van der Waals surface area contributed by atoms with Crippen molar-refractivity contribution in [3.8, 4) is 11.5 Å². The van der Waals surface area contributed by atoms with Crippen molar-refractivity contribution in [3.05, 3.63) is 36.4 Å². The molecule has 0 aromatic heterocycles. The van der Waals surface area contributed by atoms with Gasteiger partial charge >= 0.3 is 5.97 Å². The lowest BCUT2D eigenvalue weighted by Gasteiger charge is -2.21. The number of hydrogen-bond acceptors (Lipinski definition) is 5. The summed E-state index contributed by atoms with van der Waals surface area (Å²) < 4.78 is 21.9. The Morgan fingerprint density at radius 3 is 2.58 bits per heavy atom. The Morgan fingerprint density at radius 2 is 1.92 bits per heavy atom. The first-order valence-corrected chi connectivity index (χ1v) is 8.00. The fraction of sp³-hybridized carbons (Fsp3) is 0.421. The molecule has 130 valence electrons. The smallest absolute Gasteiger partial charge is 0.310 e. The predicted octanol–water partition coefficient (Wildman–Crippen LogP) is 3.58. The highest BCUT2D eigenvalue weighted by Crippen LogP contribution is 2.29. The summed E-state index contributed by atoms with van der Waals surface area (Å²) in [6, 6.07) is 11.3. The molecule has 0 bridgehead atoms. The maximum atomic E-state index is 11.6. The lowest BCUT2D eigenvalue weighted by Crippen LogP contribution is -2.32. The van der Waals surface area contributed by atoms with Gasteiger partial charge in [0.1, 0.15) is 24.2 Å². The third kappa shape index (κ3) is 4.46. The molecule has 2 aromatic carbocycles. The van der Waals surface area contributed by atoms with Crippen molar-refractivity contribution in [1.82, 2.24) is 0 Å². The summed E-state index contributed by atoms with van der Waals surface area (Å²) in [5.41, 5.74) is 0. The predicted molar refractivity (Wildman–Crippen MR) is 92.6 cm³/mol. The number of rotatable bonds is 8. The van der Waals surface area contributed by atoms with Crippen molar-refractivity contribution < 1.29 is 23.7 Å². The molecule has 0 aliphatic heterocycles. The largest absolute Gasteiger partial charge is 0.491 e. The number of hydrogen-bond donors (Lipinski definition) is 0. The average Bonchev–Trinajstić information content (AvgIpc) is 2.62. The van der Waals surface area contributed by atoms with E-state index in [0.717, 1.165) is 10.8 Å². The second-order valence-corrected chi connectivity index (χ2v) is 5.49. The van der Waals surface area contributed by atoms with Gasteiger partial charge in [-0.15, -0.1) is 0 Å². The molecular formula is C19H24O5. The van der Waals surface area contributed by atoms with Crippen molar-refractivity contribution >= 4 is 16.7 Å². The highest BCUT2D eigenvalue weighted by molar-refractivity contribution is 5.91. The van der Waals surface area contributed by atoms with Gasteiger partial charge in [0, 0.05) is 26.0 Å². The van der Waals surface area contributed by atoms with Crippen LogP contribution in [-0.4, -0.2) is 39.0 Å². The van der Waals surface area contributed by atoms with Gasteiger partial charge < -0.3 is 18.9 Å². The number of carbonyl (C=O) groups is 1. The van der Waals surface area contributed by atoms with Crippen LogP contribution in [0.1, 0.15) is 20.3 Å². The van der Waals surface area contributed by atoms with Crippen LogP contribution in [0.25, 0.3) is 10.8 Å². The standard InChI is InChI=1S/C19H24O5/c1-5-19(20)24-17-8-6-7-14-9-10-15(11-16(14)17)23-12-18(22-4)13(2)21-3/h6-11,13,18H,5,12H2,1-4H3. The summed E-state index contributed by atoms with van der Waals surface area (Å²) in [7, 11) is 3.27. The highest BCUT2D eigenvalue weighted by atomic mass is 16.6. The number of esters is 1. The molecule has 0 aliphatic carbocycles. The summed E-state index contributed by atoms with van der Waals surface area (Å²) in [5.74, 6) is 0.966. The minimum Gasteiger partial charge on any atom is -0.491 e. The molecule has 0 radical (unpaired) electrons. The Morgan fingerprint density at radius 1 is 1.12 bits per heavy atom. The minimum atomic E-state index is -0.262. The van der Waals surface area contributed by atoms with Gasteiger partial charge in [-0.05, 0) is 30.5 Å². The molecule has 2 aromatic rings. The van der Waals surface area contributed by atoms with Crippen molar-refractivity contribution in [2.75, 3.05) is 20.8 Å². The van der Waals surface area contributed by atoms with Gasteiger partial charge in [0.15, 0.2) is 0 Å². The second-order valence-electron chi connectivity index (χ2n) is 5.49. The maximum Gasteiger partial charge on any atom is 0.310 e. The Hall–Kier alpha value is -2.11. The summed E-state index contributed by atoms with van der Waals surface area (Å²) in [4.78, 5) is 11.6. The number of benzene rings is 2. The van der Waals surface area contributed by atoms with E-state index in [4.69, 9.17) is 18.9 Å². The lowest BCUT2D eigenvalue weighted by molar-refractivity contribution is -0.133. The maximum absolute atomic E-state index is 11.6. The van der Waals surface area contributed by atoms with Gasteiger partial charge in [0.05, 0.1) is 6.10 Å². The third-order valence-electron chi connectivity index (χ3n) is 3.94. The van der Waals surface area contributed by atoms with Crippen molar-refractivity contribution in [2.45, 2.75) is 32.5 Å². The van der Waals surface area contributed by atoms with Crippen LogP contribution in [0.4, 0.5) is 0 Å². The van der Waals surface area contributed by atoms with E-state index in [9.17, 15) is 4.79 Å². The summed E-state index contributed by atoms with van der Waals surface area (Å²) >= 11 is 0. The second kappa shape index (κ2) is 8.66. The number of methoxy groups -OCH3 is 2. The Kier molecular flexibility index (Phi) is 6.58. The van der Waals surface area contributed by atoms with Crippen LogP contribution in [0.3, 0.4) is 0 Å². The zero-order valence-corrected chi connectivity index (χ0v) is 14.6. The van der Waals surface area contributed by atoms with E-state index in [2.05, 4.69) is 0 Å². The molecule has 2 unspecified atom stereocenters. The molecule has 0 heterocycles. The van der Waals surface area contributed by atoms with E-state index in [1.165, 1.54) is 0 Å². The fourth-order valence-corrected chi connectivity index (χ4v) is 2.32. The van der Waals surface area contributed by atoms with Crippen LogP contribution in [0, 0.1) is 0 Å². The topological polar surface area (TPSA) is 54.0 Å². The van der Waals surface area contributed by atoms with Crippen LogP contribution in [-0.2, 0) is 14.3 Å². The molecule has 24 heavy (non-hydrogen) atoms. The zero-order valence-electron chi connectivity index (χ0n) is 14.6. The fourth-order valence-electron chi connectivity index (χ4n) is 2.32. The van der Waals surface area contributed by atoms with Crippen LogP contribution < -0.4 is 9.47 Å². The van der Waals surface area contributed by atoms with Crippen LogP contribution in [0.15, 0.2) is 36.4 Å². The first-order valence-electron chi connectivity index (χ1n) is 8.00. The minimum absolute atomic E-state index is 0.0727. The summed E-state index contributed by atoms with van der Waals surface area (Å²) in [5, 5.41) is 1.82. The first kappa shape index (κ1) is 18.2. The molecule has 5 nitrogen and oxygen atoms in total. The molecule has 2 rings (SSSR count). The Labute approximate surface area is 142 Å². The number of carbonyl (C=O) groups excluding carboxylic acids is 1. The van der Waals surface area contributed by atoms with Gasteiger partial charge in [-0.1, -0.05) is 25.1 Å². The summed E-state index contributed by atoms with van der Waals surface area (Å²) in [6.07, 6.45) is 0.0900. The van der Waals surface area contributed by atoms with E-state index in [0.29, 0.717) is 24.5 Å². The molecule has 2 atom stereocenters. The normalized spacial score (nSPS) is 13.5. The van der Waals surface area contributed by atoms with Gasteiger partial charge in [-0.3, -0.25) is 4.79 Å². The quantitative estimate of drug-likeness (QED) is 0.546. The lowest BCUT2D eigenvalue weighted by atomic mass is 10.1. The Balaban J connectivity index is 2.20. The van der Waals surface area contributed by atoms with Gasteiger partial charge in [0.25, 0.3) is 0 Å². The van der Waals surface area contributed by atoms with E-state index in [1.807, 2.05) is 37.3 Å². The molecule has 0 saturated heterocycles. The average molecular weight is 332 g/mol. The highest BCUT2D eigenvalue weighted by Gasteiger charge is 2.17. The Bertz CT molecular complexity index is 683. The third-order valence-corrected chi connectivity index (χ3v) is 3.94. The van der Waals surface area contributed by atoms with Crippen LogP contribution >= 0.6 is 0 Å². The van der Waals surface area contributed by atoms with E-state index < -0.39 is 0 Å². The molecule has 5 heteroatoms. The van der Waals surface area contributed by atoms with E-state index in [-0.39, 0.29) is 18.2 Å². The monoisotopic (exact) mass is 332 g/mol. The van der Waals surface area contributed by atoms with E-state index in [1.54, 1.807) is 27.2 Å². The van der Waals surface area contributed by atoms with Crippen LogP contribution in [0.2, 0.25) is 0 Å². The van der Waals surface area contributed by atoms with Crippen molar-refractivity contribution in [1.29, 1.82) is 0 Å². The molecule has 0 amide bonds. The first-order chi connectivity index (χ1) is 11.6. The van der Waals surface area contributed by atoms with Crippen LogP contribution in [0.5, 0.6) is 11.5 Å². The van der Waals surface area contributed by atoms with Gasteiger partial charge in [0.2, 0.25) is 0 Å². The molecule has 0 aliphatic rings. The zero-order chi connectivity index (χ0) is 17.5. The van der Waals surface area contributed by atoms with Crippen molar-refractivity contribution in [2.24, 2.45) is 0 Å². The van der Waals surface area contributed by atoms with E-state index >= 15 is 0 Å². The van der Waals surface area contributed by atoms with Crippen molar-refractivity contribution in [3.63, 3.8) is 0 Å². The number of ether oxygens (including phenoxy) is 4. The molecular weight excluding hydrogens is 308 g/mol. The molecule has 0 fully saturated rings. The van der Waals surface area contributed by atoms with Gasteiger partial charge in [-0.25, -0.2) is 0 Å². The molecule has 0 spiro atoms.